The van der Waals surface area contributed by atoms with E-state index >= 15 is 0 Å². The van der Waals surface area contributed by atoms with Gasteiger partial charge in [0, 0.05) is 17.1 Å². The molecule has 0 aliphatic rings. The lowest BCUT2D eigenvalue weighted by Gasteiger charge is -2.12. The molecule has 0 unspecified atom stereocenters. The molecule has 29 heavy (non-hydrogen) atoms. The van der Waals surface area contributed by atoms with E-state index in [4.69, 9.17) is 16.3 Å². The number of hydrogen-bond donors (Lipinski definition) is 1. The molecule has 0 spiro atoms. The van der Waals surface area contributed by atoms with E-state index in [0.29, 0.717) is 22.1 Å². The highest BCUT2D eigenvalue weighted by Gasteiger charge is 2.18. The first-order valence-electron chi connectivity index (χ1n) is 8.66. The van der Waals surface area contributed by atoms with E-state index in [-0.39, 0.29) is 23.9 Å². The molecule has 1 aromatic carbocycles. The number of carbonyl (C=O) groups is 2. The normalized spacial score (nSPS) is 10.6. The second-order valence-electron chi connectivity index (χ2n) is 5.94. The first-order chi connectivity index (χ1) is 13.9. The lowest BCUT2D eigenvalue weighted by molar-refractivity contribution is -0.142. The van der Waals surface area contributed by atoms with Gasteiger partial charge in [0.05, 0.1) is 29.4 Å². The molecule has 0 saturated heterocycles. The number of nitrogens with zero attached hydrogens (tertiary/aromatic N) is 3. The number of amides is 1. The van der Waals surface area contributed by atoms with Crippen LogP contribution in [0, 0.1) is 6.92 Å². The summed E-state index contributed by atoms with van der Waals surface area (Å²) in [4.78, 5) is 40.6. The minimum Gasteiger partial charge on any atom is -0.466 e. The van der Waals surface area contributed by atoms with Crippen molar-refractivity contribution in [2.75, 3.05) is 11.9 Å². The topological polar surface area (TPSA) is 103 Å². The third-order valence-corrected chi connectivity index (χ3v) is 4.93. The standard InChI is InChI=1S/C19H17ClN4O4S/c1-3-28-16(26)9-12-10-29-19(21-12)22-18(27)17-15(25)8-11(2)24(23-17)14-7-5-4-6-13(14)20/h4-8,10H,3,9H2,1-2H3,(H,21,22,27). The zero-order chi connectivity index (χ0) is 21.0. The maximum atomic E-state index is 12.6. The SMILES string of the molecule is CCOC(=O)Cc1csc(NC(=O)c2nn(-c3ccccc3Cl)c(C)cc2=O)n1. The van der Waals surface area contributed by atoms with Gasteiger partial charge < -0.3 is 4.74 Å². The van der Waals surface area contributed by atoms with Crippen molar-refractivity contribution in [3.05, 3.63) is 68.0 Å². The smallest absolute Gasteiger partial charge is 0.311 e. The van der Waals surface area contributed by atoms with E-state index in [1.807, 2.05) is 0 Å². The molecule has 1 amide bonds. The van der Waals surface area contributed by atoms with Gasteiger partial charge in [-0.3, -0.25) is 19.7 Å². The summed E-state index contributed by atoms with van der Waals surface area (Å²) in [5, 5.41) is 9.05. The molecule has 0 aliphatic heterocycles. The number of thiazole rings is 1. The Morgan fingerprint density at radius 3 is 2.79 bits per heavy atom. The Hall–Kier alpha value is -3.04. The van der Waals surface area contributed by atoms with Crippen LogP contribution in [0.3, 0.4) is 0 Å². The Balaban J connectivity index is 1.84. The molecule has 150 valence electrons. The summed E-state index contributed by atoms with van der Waals surface area (Å²) in [5.74, 6) is -1.11. The maximum absolute atomic E-state index is 12.6. The molecule has 3 aromatic rings. The highest BCUT2D eigenvalue weighted by Crippen LogP contribution is 2.20. The molecule has 3 rings (SSSR count). The lowest BCUT2D eigenvalue weighted by Crippen LogP contribution is -2.27. The molecule has 0 atom stereocenters. The number of esters is 1. The predicted molar refractivity (Wildman–Crippen MR) is 110 cm³/mol. The van der Waals surface area contributed by atoms with E-state index in [1.165, 1.54) is 10.7 Å². The number of aromatic nitrogens is 3. The van der Waals surface area contributed by atoms with Crippen LogP contribution in [0.1, 0.15) is 28.8 Å². The second-order valence-corrected chi connectivity index (χ2v) is 7.21. The van der Waals surface area contributed by atoms with Crippen LogP contribution < -0.4 is 10.7 Å². The maximum Gasteiger partial charge on any atom is 0.311 e. The van der Waals surface area contributed by atoms with Crippen molar-refractivity contribution in [1.29, 1.82) is 0 Å². The lowest BCUT2D eigenvalue weighted by atomic mass is 10.2. The van der Waals surface area contributed by atoms with Crippen LogP contribution in [0.25, 0.3) is 5.69 Å². The van der Waals surface area contributed by atoms with E-state index < -0.39 is 17.3 Å². The van der Waals surface area contributed by atoms with E-state index in [0.717, 1.165) is 11.3 Å². The number of para-hydroxylation sites is 1. The highest BCUT2D eigenvalue weighted by atomic mass is 35.5. The van der Waals surface area contributed by atoms with Gasteiger partial charge in [-0.2, -0.15) is 5.10 Å². The number of rotatable bonds is 6. The van der Waals surface area contributed by atoms with Gasteiger partial charge in [-0.25, -0.2) is 9.67 Å². The number of carbonyl (C=O) groups excluding carboxylic acids is 2. The molecule has 1 N–H and O–H groups in total. The van der Waals surface area contributed by atoms with Gasteiger partial charge in [-0.1, -0.05) is 23.7 Å². The molecular formula is C19H17ClN4O4S. The third-order valence-electron chi connectivity index (χ3n) is 3.81. The number of anilines is 1. The van der Waals surface area contributed by atoms with Gasteiger partial charge in [0.25, 0.3) is 5.91 Å². The van der Waals surface area contributed by atoms with Crippen LogP contribution >= 0.6 is 22.9 Å². The minimum atomic E-state index is -0.701. The molecule has 2 heterocycles. The summed E-state index contributed by atoms with van der Waals surface area (Å²) in [6.45, 7) is 3.69. The fourth-order valence-corrected chi connectivity index (χ4v) is 3.45. The van der Waals surface area contributed by atoms with Gasteiger partial charge in [0.15, 0.2) is 10.8 Å². The van der Waals surface area contributed by atoms with Crippen molar-refractivity contribution in [3.8, 4) is 5.69 Å². The number of halogens is 1. The number of nitrogens with one attached hydrogen (secondary N) is 1. The predicted octanol–water partition coefficient (Wildman–Crippen LogP) is 3.01. The van der Waals surface area contributed by atoms with Crippen molar-refractivity contribution in [3.63, 3.8) is 0 Å². The van der Waals surface area contributed by atoms with Gasteiger partial charge in [-0.05, 0) is 26.0 Å². The Bertz CT molecular complexity index is 1130. The monoisotopic (exact) mass is 432 g/mol. The van der Waals surface area contributed by atoms with Crippen molar-refractivity contribution >= 4 is 39.9 Å². The molecule has 10 heteroatoms. The molecule has 0 saturated carbocycles. The van der Waals surface area contributed by atoms with Crippen LogP contribution in [-0.4, -0.2) is 33.2 Å². The number of ether oxygens (including phenoxy) is 1. The van der Waals surface area contributed by atoms with Crippen molar-refractivity contribution in [2.45, 2.75) is 20.3 Å². The minimum absolute atomic E-state index is 0.00229. The van der Waals surface area contributed by atoms with Crippen LogP contribution in [0.15, 0.2) is 40.5 Å². The first-order valence-corrected chi connectivity index (χ1v) is 9.92. The molecule has 0 aliphatic carbocycles. The summed E-state index contributed by atoms with van der Waals surface area (Å²) >= 11 is 7.35. The number of benzene rings is 1. The quantitative estimate of drug-likeness (QED) is 0.600. The highest BCUT2D eigenvalue weighted by molar-refractivity contribution is 7.14. The number of hydrogen-bond acceptors (Lipinski definition) is 7. The zero-order valence-electron chi connectivity index (χ0n) is 15.6. The number of aryl methyl sites for hydroxylation is 1. The van der Waals surface area contributed by atoms with Crippen LogP contribution in [-0.2, 0) is 16.0 Å². The third kappa shape index (κ3) is 4.87. The first kappa shape index (κ1) is 20.7. The molecule has 0 radical (unpaired) electrons. The fraction of sp³-hybridized carbons (Fsp3) is 0.211. The van der Waals surface area contributed by atoms with Gasteiger partial charge in [-0.15, -0.1) is 11.3 Å². The van der Waals surface area contributed by atoms with Crippen LogP contribution in [0.2, 0.25) is 5.02 Å². The summed E-state index contributed by atoms with van der Waals surface area (Å²) in [5.41, 5.74) is 0.732. The average molecular weight is 433 g/mol. The van der Waals surface area contributed by atoms with E-state index in [2.05, 4.69) is 15.4 Å². The van der Waals surface area contributed by atoms with Crippen molar-refractivity contribution < 1.29 is 14.3 Å². The van der Waals surface area contributed by atoms with Crippen molar-refractivity contribution in [2.24, 2.45) is 0 Å². The Morgan fingerprint density at radius 2 is 2.07 bits per heavy atom. The molecule has 2 aromatic heterocycles. The Morgan fingerprint density at radius 1 is 1.31 bits per heavy atom. The largest absolute Gasteiger partial charge is 0.466 e. The molecule has 8 nitrogen and oxygen atoms in total. The van der Waals surface area contributed by atoms with Crippen molar-refractivity contribution in [1.82, 2.24) is 14.8 Å². The van der Waals surface area contributed by atoms with Gasteiger partial charge >= 0.3 is 5.97 Å². The Kier molecular flexibility index (Phi) is 6.40. The Labute approximate surface area is 175 Å². The average Bonchev–Trinajstić information content (AvgIpc) is 3.09. The summed E-state index contributed by atoms with van der Waals surface area (Å²) in [6, 6.07) is 8.29. The van der Waals surface area contributed by atoms with Crippen LogP contribution in [0.4, 0.5) is 5.13 Å². The van der Waals surface area contributed by atoms with Crippen LogP contribution in [0.5, 0.6) is 0 Å². The summed E-state index contributed by atoms with van der Waals surface area (Å²) in [7, 11) is 0. The molecular weight excluding hydrogens is 416 g/mol. The molecule has 0 fully saturated rings. The van der Waals surface area contributed by atoms with Gasteiger partial charge in [0.1, 0.15) is 0 Å². The zero-order valence-corrected chi connectivity index (χ0v) is 17.2. The molecule has 0 bridgehead atoms. The van der Waals surface area contributed by atoms with E-state index in [9.17, 15) is 14.4 Å². The van der Waals surface area contributed by atoms with Gasteiger partial charge in [0.2, 0.25) is 5.43 Å². The second kappa shape index (κ2) is 8.97. The van der Waals surface area contributed by atoms with E-state index in [1.54, 1.807) is 43.5 Å². The summed E-state index contributed by atoms with van der Waals surface area (Å²) < 4.78 is 6.31. The fourth-order valence-electron chi connectivity index (χ4n) is 2.53. The summed E-state index contributed by atoms with van der Waals surface area (Å²) in [6.07, 6.45) is 0.00229.